The molecule has 0 saturated carbocycles. The molecule has 5 nitrogen and oxygen atoms in total. The van der Waals surface area contributed by atoms with Gasteiger partial charge in [-0.2, -0.15) is 0 Å². The molecule has 0 radical (unpaired) electrons. The van der Waals surface area contributed by atoms with Gasteiger partial charge in [0.2, 0.25) is 6.43 Å². The average molecular weight is 365 g/mol. The number of amides is 3. The van der Waals surface area contributed by atoms with E-state index in [1.807, 2.05) is 30.3 Å². The van der Waals surface area contributed by atoms with Crippen LogP contribution in [-0.4, -0.2) is 34.3 Å². The molecule has 0 bridgehead atoms. The predicted octanol–water partition coefficient (Wildman–Crippen LogP) is 3.00. The number of thiazole rings is 1. The minimum atomic E-state index is -2.64. The maximum Gasteiger partial charge on any atom is 0.325 e. The van der Waals surface area contributed by atoms with Crippen molar-refractivity contribution in [1.82, 2.24) is 15.2 Å². The van der Waals surface area contributed by atoms with Crippen molar-refractivity contribution in [3.8, 4) is 0 Å². The molecule has 1 aliphatic heterocycles. The van der Waals surface area contributed by atoms with E-state index in [-0.39, 0.29) is 6.54 Å². The molecule has 1 atom stereocenters. The highest BCUT2D eigenvalue weighted by Gasteiger charge is 2.39. The van der Waals surface area contributed by atoms with Crippen LogP contribution in [0.1, 0.15) is 22.7 Å². The van der Waals surface area contributed by atoms with Gasteiger partial charge < -0.3 is 5.32 Å². The van der Waals surface area contributed by atoms with Crippen LogP contribution in [-0.2, 0) is 24.2 Å². The minimum Gasteiger partial charge on any atom is -0.326 e. The van der Waals surface area contributed by atoms with Gasteiger partial charge in [0.25, 0.3) is 5.91 Å². The van der Waals surface area contributed by atoms with Crippen LogP contribution in [0.2, 0.25) is 0 Å². The number of hydrogen-bond acceptors (Lipinski definition) is 4. The molecule has 0 aliphatic carbocycles. The van der Waals surface area contributed by atoms with Gasteiger partial charge in [0, 0.05) is 18.2 Å². The molecular weight excluding hydrogens is 348 g/mol. The summed E-state index contributed by atoms with van der Waals surface area (Å²) >= 11 is 1.47. The number of halogens is 2. The molecule has 2 heterocycles. The number of rotatable bonds is 7. The highest BCUT2D eigenvalue weighted by molar-refractivity contribution is 7.09. The number of urea groups is 1. The lowest BCUT2D eigenvalue weighted by Crippen LogP contribution is -2.32. The molecule has 1 aliphatic rings. The van der Waals surface area contributed by atoms with Crippen molar-refractivity contribution in [3.63, 3.8) is 0 Å². The van der Waals surface area contributed by atoms with Crippen molar-refractivity contribution >= 4 is 23.3 Å². The Kier molecular flexibility index (Phi) is 5.37. The smallest absolute Gasteiger partial charge is 0.325 e. The number of carbonyl (C=O) groups is 2. The van der Waals surface area contributed by atoms with E-state index in [9.17, 15) is 18.4 Å². The van der Waals surface area contributed by atoms with Gasteiger partial charge in [0.05, 0.1) is 17.2 Å². The molecule has 25 heavy (non-hydrogen) atoms. The van der Waals surface area contributed by atoms with Gasteiger partial charge in [-0.05, 0) is 12.0 Å². The van der Waals surface area contributed by atoms with E-state index in [2.05, 4.69) is 10.3 Å². The quantitative estimate of drug-likeness (QED) is 0.768. The summed E-state index contributed by atoms with van der Waals surface area (Å²) in [5, 5.41) is 5.00. The number of aromatic nitrogens is 1. The summed E-state index contributed by atoms with van der Waals surface area (Å²) in [6, 6.07) is 8.23. The Morgan fingerprint density at radius 2 is 1.96 bits per heavy atom. The lowest BCUT2D eigenvalue weighted by atomic mass is 10.1. The van der Waals surface area contributed by atoms with Gasteiger partial charge in [0.1, 0.15) is 6.04 Å². The molecule has 1 unspecified atom stereocenters. The van der Waals surface area contributed by atoms with E-state index in [0.29, 0.717) is 5.69 Å². The molecule has 1 aromatic heterocycles. The first kappa shape index (κ1) is 17.5. The normalized spacial score (nSPS) is 17.4. The molecule has 2 aromatic rings. The fourth-order valence-corrected chi connectivity index (χ4v) is 3.45. The fourth-order valence-electron chi connectivity index (χ4n) is 2.66. The number of alkyl halides is 2. The summed E-state index contributed by atoms with van der Waals surface area (Å²) in [5.74, 6) is -0.621. The largest absolute Gasteiger partial charge is 0.326 e. The monoisotopic (exact) mass is 365 g/mol. The molecule has 1 fully saturated rings. The van der Waals surface area contributed by atoms with E-state index >= 15 is 0 Å². The SMILES string of the molecule is O=C1NC(CC(F)F)C(=O)N1Cc1csc(CCc2ccccc2)n1. The third-order valence-corrected chi connectivity index (χ3v) is 4.87. The van der Waals surface area contributed by atoms with Gasteiger partial charge in [-0.25, -0.2) is 18.6 Å². The summed E-state index contributed by atoms with van der Waals surface area (Å²) in [6.07, 6.45) is -1.69. The number of benzene rings is 1. The first-order chi connectivity index (χ1) is 12.0. The molecule has 132 valence electrons. The number of hydrogen-bond donors (Lipinski definition) is 1. The van der Waals surface area contributed by atoms with Crippen molar-refractivity contribution in [2.75, 3.05) is 0 Å². The zero-order valence-electron chi connectivity index (χ0n) is 13.3. The molecule has 1 saturated heterocycles. The molecular formula is C17H17F2N3O2S. The topological polar surface area (TPSA) is 62.3 Å². The van der Waals surface area contributed by atoms with Gasteiger partial charge in [0.15, 0.2) is 0 Å². The second kappa shape index (κ2) is 7.69. The summed E-state index contributed by atoms with van der Waals surface area (Å²) in [6.45, 7) is 0.00619. The number of nitrogens with one attached hydrogen (secondary N) is 1. The predicted molar refractivity (Wildman–Crippen MR) is 89.5 cm³/mol. The van der Waals surface area contributed by atoms with Gasteiger partial charge in [-0.1, -0.05) is 30.3 Å². The second-order valence-corrected chi connectivity index (χ2v) is 6.71. The Morgan fingerprint density at radius 1 is 1.20 bits per heavy atom. The first-order valence-electron chi connectivity index (χ1n) is 7.90. The fraction of sp³-hybridized carbons (Fsp3) is 0.353. The Hall–Kier alpha value is -2.35. The Morgan fingerprint density at radius 3 is 2.68 bits per heavy atom. The van der Waals surface area contributed by atoms with Crippen LogP contribution in [0.5, 0.6) is 0 Å². The van der Waals surface area contributed by atoms with Gasteiger partial charge in [-0.3, -0.25) is 9.69 Å². The van der Waals surface area contributed by atoms with E-state index < -0.39 is 30.8 Å². The maximum atomic E-state index is 12.4. The van der Waals surface area contributed by atoms with Crippen LogP contribution >= 0.6 is 11.3 Å². The van der Waals surface area contributed by atoms with Crippen LogP contribution in [0.25, 0.3) is 0 Å². The number of nitrogens with zero attached hydrogens (tertiary/aromatic N) is 2. The van der Waals surface area contributed by atoms with Crippen molar-refractivity contribution in [1.29, 1.82) is 0 Å². The Labute approximate surface area is 147 Å². The second-order valence-electron chi connectivity index (χ2n) is 5.77. The standard InChI is InChI=1S/C17H17F2N3O2S/c18-14(19)8-13-16(23)22(17(24)21-13)9-12-10-25-15(20-12)7-6-11-4-2-1-3-5-11/h1-5,10,13-14H,6-9H2,(H,21,24). The van der Waals surface area contributed by atoms with Crippen LogP contribution in [0.3, 0.4) is 0 Å². The number of carbonyl (C=O) groups excluding carboxylic acids is 2. The van der Waals surface area contributed by atoms with E-state index in [0.717, 1.165) is 22.7 Å². The third-order valence-electron chi connectivity index (χ3n) is 3.91. The molecule has 1 aromatic carbocycles. The summed E-state index contributed by atoms with van der Waals surface area (Å²) in [5.41, 5.74) is 1.80. The Balaban J connectivity index is 1.57. The minimum absolute atomic E-state index is 0.00619. The van der Waals surface area contributed by atoms with Crippen LogP contribution in [0, 0.1) is 0 Å². The van der Waals surface area contributed by atoms with E-state index in [4.69, 9.17) is 0 Å². The number of aryl methyl sites for hydroxylation is 2. The van der Waals surface area contributed by atoms with Gasteiger partial charge >= 0.3 is 6.03 Å². The molecule has 3 amide bonds. The number of imide groups is 1. The lowest BCUT2D eigenvalue weighted by Gasteiger charge is -2.11. The highest BCUT2D eigenvalue weighted by atomic mass is 32.1. The molecule has 8 heteroatoms. The molecule has 3 rings (SSSR count). The average Bonchev–Trinajstić information content (AvgIpc) is 3.14. The zero-order chi connectivity index (χ0) is 17.8. The first-order valence-corrected chi connectivity index (χ1v) is 8.78. The van der Waals surface area contributed by atoms with Crippen molar-refractivity contribution in [2.24, 2.45) is 0 Å². The summed E-state index contributed by atoms with van der Waals surface area (Å²) < 4.78 is 24.9. The van der Waals surface area contributed by atoms with E-state index in [1.165, 1.54) is 16.9 Å². The van der Waals surface area contributed by atoms with E-state index in [1.54, 1.807) is 5.38 Å². The third kappa shape index (κ3) is 4.39. The van der Waals surface area contributed by atoms with Crippen LogP contribution in [0.4, 0.5) is 13.6 Å². The maximum absolute atomic E-state index is 12.4. The zero-order valence-corrected chi connectivity index (χ0v) is 14.1. The lowest BCUT2D eigenvalue weighted by molar-refractivity contribution is -0.128. The molecule has 1 N–H and O–H groups in total. The summed E-state index contributed by atoms with van der Waals surface area (Å²) in [7, 11) is 0. The van der Waals surface area contributed by atoms with Gasteiger partial charge in [-0.15, -0.1) is 11.3 Å². The molecule has 0 spiro atoms. The van der Waals surface area contributed by atoms with Crippen LogP contribution in [0.15, 0.2) is 35.7 Å². The highest BCUT2D eigenvalue weighted by Crippen LogP contribution is 2.19. The Bertz CT molecular complexity index is 751. The van der Waals surface area contributed by atoms with Crippen molar-refractivity contribution in [3.05, 3.63) is 52.0 Å². The summed E-state index contributed by atoms with van der Waals surface area (Å²) in [4.78, 5) is 29.3. The van der Waals surface area contributed by atoms with Crippen molar-refractivity contribution in [2.45, 2.75) is 38.3 Å². The van der Waals surface area contributed by atoms with Crippen LogP contribution < -0.4 is 5.32 Å². The van der Waals surface area contributed by atoms with Crippen molar-refractivity contribution < 1.29 is 18.4 Å².